The van der Waals surface area contributed by atoms with Gasteiger partial charge in [-0.3, -0.25) is 0 Å². The van der Waals surface area contributed by atoms with Crippen LogP contribution in [-0.2, 0) is 17.7 Å². The zero-order chi connectivity index (χ0) is 12.1. The monoisotopic (exact) mass is 235 g/mol. The van der Waals surface area contributed by atoms with E-state index in [1.54, 1.807) is 0 Å². The van der Waals surface area contributed by atoms with Crippen molar-refractivity contribution in [1.29, 1.82) is 0 Å². The molecule has 1 aliphatic rings. The maximum Gasteiger partial charge on any atom is 0.122 e. The molecule has 2 rings (SSSR count). The number of benzene rings is 1. The molecule has 0 spiro atoms. The van der Waals surface area contributed by atoms with Crippen LogP contribution >= 0.6 is 0 Å². The summed E-state index contributed by atoms with van der Waals surface area (Å²) in [6.07, 6.45) is 1.32. The summed E-state index contributed by atoms with van der Waals surface area (Å²) in [4.78, 5) is 0. The van der Waals surface area contributed by atoms with Crippen molar-refractivity contribution in [2.75, 3.05) is 19.8 Å². The van der Waals surface area contributed by atoms with E-state index in [-0.39, 0.29) is 6.10 Å². The van der Waals surface area contributed by atoms with Crippen molar-refractivity contribution < 1.29 is 9.47 Å². The number of rotatable bonds is 6. The number of hydrogen-bond donors (Lipinski definition) is 1. The van der Waals surface area contributed by atoms with E-state index in [0.717, 1.165) is 38.5 Å². The molecular formula is C14H21NO2. The molecule has 0 saturated carbocycles. The molecule has 1 aromatic carbocycles. The third-order valence-electron chi connectivity index (χ3n) is 2.97. The summed E-state index contributed by atoms with van der Waals surface area (Å²) < 4.78 is 11.0. The third-order valence-corrected chi connectivity index (χ3v) is 2.97. The highest BCUT2D eigenvalue weighted by Crippen LogP contribution is 2.25. The first-order valence-electron chi connectivity index (χ1n) is 6.36. The maximum atomic E-state index is 5.49. The van der Waals surface area contributed by atoms with Gasteiger partial charge in [-0.25, -0.2) is 0 Å². The normalized spacial score (nSPS) is 15.4. The van der Waals surface area contributed by atoms with Crippen molar-refractivity contribution >= 4 is 0 Å². The van der Waals surface area contributed by atoms with Crippen molar-refractivity contribution in [3.63, 3.8) is 0 Å². The minimum atomic E-state index is 0.276. The molecular weight excluding hydrogens is 214 g/mol. The number of hydrogen-bond acceptors (Lipinski definition) is 3. The van der Waals surface area contributed by atoms with Gasteiger partial charge in [0.15, 0.2) is 0 Å². The van der Waals surface area contributed by atoms with Gasteiger partial charge in [-0.2, -0.15) is 0 Å². The standard InChI is InChI=1S/C14H21NO2/c1-3-16-11(2)9-15-10-12-4-5-14-13(8-12)6-7-17-14/h4-5,8,11,15H,3,6-7,9-10H2,1-2H3. The summed E-state index contributed by atoms with van der Waals surface area (Å²) in [6.45, 7) is 7.50. The average molecular weight is 235 g/mol. The molecule has 1 N–H and O–H groups in total. The van der Waals surface area contributed by atoms with Crippen molar-refractivity contribution in [2.24, 2.45) is 0 Å². The number of fused-ring (bicyclic) bond motifs is 1. The lowest BCUT2D eigenvalue weighted by atomic mass is 10.1. The number of nitrogens with one attached hydrogen (secondary N) is 1. The molecule has 1 heterocycles. The molecule has 0 aromatic heterocycles. The van der Waals surface area contributed by atoms with Crippen LogP contribution in [0, 0.1) is 0 Å². The molecule has 0 fully saturated rings. The van der Waals surface area contributed by atoms with Gasteiger partial charge in [0, 0.05) is 26.1 Å². The van der Waals surface area contributed by atoms with Gasteiger partial charge in [0.05, 0.1) is 12.7 Å². The highest BCUT2D eigenvalue weighted by Gasteiger charge is 2.11. The van der Waals surface area contributed by atoms with Crippen molar-refractivity contribution in [3.8, 4) is 5.75 Å². The van der Waals surface area contributed by atoms with Gasteiger partial charge in [-0.05, 0) is 31.0 Å². The smallest absolute Gasteiger partial charge is 0.122 e. The van der Waals surface area contributed by atoms with Gasteiger partial charge < -0.3 is 14.8 Å². The van der Waals surface area contributed by atoms with E-state index in [0.29, 0.717) is 0 Å². The van der Waals surface area contributed by atoms with Crippen LogP contribution in [0.4, 0.5) is 0 Å². The van der Waals surface area contributed by atoms with Crippen LogP contribution in [0.2, 0.25) is 0 Å². The molecule has 1 unspecified atom stereocenters. The molecule has 1 aliphatic heterocycles. The predicted molar refractivity (Wildman–Crippen MR) is 68.4 cm³/mol. The summed E-state index contributed by atoms with van der Waals surface area (Å²) >= 11 is 0. The van der Waals surface area contributed by atoms with Crippen LogP contribution in [-0.4, -0.2) is 25.9 Å². The fourth-order valence-electron chi connectivity index (χ4n) is 2.11. The molecule has 0 saturated heterocycles. The fourth-order valence-corrected chi connectivity index (χ4v) is 2.11. The molecule has 3 nitrogen and oxygen atoms in total. The molecule has 0 bridgehead atoms. The quantitative estimate of drug-likeness (QED) is 0.819. The largest absolute Gasteiger partial charge is 0.493 e. The lowest BCUT2D eigenvalue weighted by molar-refractivity contribution is 0.0759. The second-order valence-electron chi connectivity index (χ2n) is 4.44. The minimum Gasteiger partial charge on any atom is -0.493 e. The maximum absolute atomic E-state index is 5.49. The molecule has 94 valence electrons. The van der Waals surface area contributed by atoms with E-state index in [1.807, 2.05) is 6.92 Å². The first kappa shape index (κ1) is 12.4. The Balaban J connectivity index is 1.79. The van der Waals surface area contributed by atoms with Crippen LogP contribution in [0.25, 0.3) is 0 Å². The van der Waals surface area contributed by atoms with Crippen molar-refractivity contribution in [1.82, 2.24) is 5.32 Å². The Labute approximate surface area is 103 Å². The van der Waals surface area contributed by atoms with Crippen LogP contribution in [0.1, 0.15) is 25.0 Å². The van der Waals surface area contributed by atoms with E-state index in [1.165, 1.54) is 11.1 Å². The third kappa shape index (κ3) is 3.45. The van der Waals surface area contributed by atoms with E-state index in [9.17, 15) is 0 Å². The Bertz CT molecular complexity index is 365. The van der Waals surface area contributed by atoms with Crippen LogP contribution in [0.15, 0.2) is 18.2 Å². The van der Waals surface area contributed by atoms with Gasteiger partial charge in [-0.1, -0.05) is 12.1 Å². The van der Waals surface area contributed by atoms with E-state index in [4.69, 9.17) is 9.47 Å². The van der Waals surface area contributed by atoms with Gasteiger partial charge in [0.1, 0.15) is 5.75 Å². The summed E-state index contributed by atoms with van der Waals surface area (Å²) in [5, 5.41) is 3.41. The SMILES string of the molecule is CCOC(C)CNCc1ccc2c(c1)CCO2. The Morgan fingerprint density at radius 1 is 1.47 bits per heavy atom. The molecule has 0 aliphatic carbocycles. The average Bonchev–Trinajstić information content (AvgIpc) is 2.76. The summed E-state index contributed by atoms with van der Waals surface area (Å²) in [7, 11) is 0. The second kappa shape index (κ2) is 6.03. The van der Waals surface area contributed by atoms with Crippen LogP contribution in [0.3, 0.4) is 0 Å². The van der Waals surface area contributed by atoms with Crippen LogP contribution in [0.5, 0.6) is 5.75 Å². The summed E-state index contributed by atoms with van der Waals surface area (Å²) in [5.41, 5.74) is 2.65. The first-order chi connectivity index (χ1) is 8.29. The minimum absolute atomic E-state index is 0.276. The van der Waals surface area contributed by atoms with Gasteiger partial charge in [-0.15, -0.1) is 0 Å². The topological polar surface area (TPSA) is 30.5 Å². The zero-order valence-electron chi connectivity index (χ0n) is 10.7. The lowest BCUT2D eigenvalue weighted by Crippen LogP contribution is -2.26. The molecule has 3 heteroatoms. The predicted octanol–water partition coefficient (Wildman–Crippen LogP) is 2.14. The highest BCUT2D eigenvalue weighted by molar-refractivity contribution is 5.39. The van der Waals surface area contributed by atoms with Gasteiger partial charge >= 0.3 is 0 Å². The molecule has 0 radical (unpaired) electrons. The summed E-state index contributed by atoms with van der Waals surface area (Å²) in [6, 6.07) is 6.44. The molecule has 1 aromatic rings. The van der Waals surface area contributed by atoms with Crippen molar-refractivity contribution in [2.45, 2.75) is 32.9 Å². The molecule has 1 atom stereocenters. The van der Waals surface area contributed by atoms with E-state index in [2.05, 4.69) is 30.4 Å². The fraction of sp³-hybridized carbons (Fsp3) is 0.571. The number of ether oxygens (including phenoxy) is 2. The van der Waals surface area contributed by atoms with Crippen LogP contribution < -0.4 is 10.1 Å². The Morgan fingerprint density at radius 2 is 2.35 bits per heavy atom. The van der Waals surface area contributed by atoms with Crippen molar-refractivity contribution in [3.05, 3.63) is 29.3 Å². The Hall–Kier alpha value is -1.06. The summed E-state index contributed by atoms with van der Waals surface area (Å²) in [5.74, 6) is 1.05. The van der Waals surface area contributed by atoms with E-state index < -0.39 is 0 Å². The molecule has 0 amide bonds. The Kier molecular flexibility index (Phi) is 4.40. The highest BCUT2D eigenvalue weighted by atomic mass is 16.5. The Morgan fingerprint density at radius 3 is 3.18 bits per heavy atom. The first-order valence-corrected chi connectivity index (χ1v) is 6.36. The van der Waals surface area contributed by atoms with Gasteiger partial charge in [0.2, 0.25) is 0 Å². The van der Waals surface area contributed by atoms with E-state index >= 15 is 0 Å². The lowest BCUT2D eigenvalue weighted by Gasteiger charge is -2.12. The molecule has 17 heavy (non-hydrogen) atoms. The zero-order valence-corrected chi connectivity index (χ0v) is 10.7. The second-order valence-corrected chi connectivity index (χ2v) is 4.44. The van der Waals surface area contributed by atoms with Gasteiger partial charge in [0.25, 0.3) is 0 Å².